The second kappa shape index (κ2) is 5.08. The lowest BCUT2D eigenvalue weighted by Gasteiger charge is -2.26. The lowest BCUT2D eigenvalue weighted by atomic mass is 10.3. The Hall–Kier alpha value is -0.0400. The largest absolute Gasteiger partial charge is 0.598 e. The second-order valence-electron chi connectivity index (χ2n) is 4.72. The van der Waals surface area contributed by atoms with Crippen LogP contribution in [0.25, 0.3) is 0 Å². The van der Waals surface area contributed by atoms with Gasteiger partial charge in [-0.25, -0.2) is 4.98 Å². The molecule has 92 valence electrons. The molecular weight excluding hydrogens is 290 g/mol. The van der Waals surface area contributed by atoms with Gasteiger partial charge in [-0.2, -0.15) is 0 Å². The summed E-state index contributed by atoms with van der Waals surface area (Å²) in [6.07, 6.45) is 1.74. The highest BCUT2D eigenvalue weighted by Crippen LogP contribution is 2.20. The molecule has 0 aliphatic heterocycles. The van der Waals surface area contributed by atoms with E-state index >= 15 is 0 Å². The van der Waals surface area contributed by atoms with Gasteiger partial charge in [0, 0.05) is 18.4 Å². The third-order valence-electron chi connectivity index (χ3n) is 2.19. The van der Waals surface area contributed by atoms with Gasteiger partial charge in [0.2, 0.25) is 0 Å². The van der Waals surface area contributed by atoms with Crippen LogP contribution in [-0.4, -0.2) is 18.9 Å². The molecule has 2 atom stereocenters. The van der Waals surface area contributed by atoms with Gasteiger partial charge in [0.25, 0.3) is 0 Å². The van der Waals surface area contributed by atoms with Gasteiger partial charge in [-0.15, -0.1) is 4.72 Å². The first kappa shape index (κ1) is 14.0. The molecule has 0 saturated carbocycles. The molecule has 4 nitrogen and oxygen atoms in total. The maximum Gasteiger partial charge on any atom is 0.136 e. The normalized spacial score (nSPS) is 16.2. The van der Waals surface area contributed by atoms with Crippen LogP contribution in [0.2, 0.25) is 0 Å². The third kappa shape index (κ3) is 3.23. The van der Waals surface area contributed by atoms with Crippen molar-refractivity contribution in [2.45, 2.75) is 38.5 Å². The Bertz CT molecular complexity index is 361. The SMILES string of the molecule is CC(N[S@+]([O-])C(C)(C)C)c1ncc(Br)n1C. The predicted molar refractivity (Wildman–Crippen MR) is 70.4 cm³/mol. The fourth-order valence-corrected chi connectivity index (χ4v) is 2.26. The van der Waals surface area contributed by atoms with E-state index in [1.807, 2.05) is 39.3 Å². The first-order chi connectivity index (χ1) is 7.23. The molecule has 0 aliphatic rings. The van der Waals surface area contributed by atoms with Crippen molar-refractivity contribution in [3.63, 3.8) is 0 Å². The molecule has 16 heavy (non-hydrogen) atoms. The zero-order valence-corrected chi connectivity index (χ0v) is 12.6. The van der Waals surface area contributed by atoms with Crippen molar-refractivity contribution in [2.24, 2.45) is 7.05 Å². The molecule has 1 N–H and O–H groups in total. The highest BCUT2D eigenvalue weighted by molar-refractivity contribution is 9.10. The van der Waals surface area contributed by atoms with E-state index in [1.165, 1.54) is 0 Å². The molecule has 1 rings (SSSR count). The Morgan fingerprint density at radius 3 is 2.50 bits per heavy atom. The van der Waals surface area contributed by atoms with E-state index in [-0.39, 0.29) is 10.8 Å². The highest BCUT2D eigenvalue weighted by Gasteiger charge is 2.29. The first-order valence-corrected chi connectivity index (χ1v) is 7.03. The van der Waals surface area contributed by atoms with Crippen LogP contribution in [0.5, 0.6) is 0 Å². The van der Waals surface area contributed by atoms with Crippen molar-refractivity contribution < 1.29 is 4.55 Å². The molecule has 0 radical (unpaired) electrons. The number of rotatable bonds is 3. The lowest BCUT2D eigenvalue weighted by Crippen LogP contribution is -2.41. The minimum Gasteiger partial charge on any atom is -0.598 e. The van der Waals surface area contributed by atoms with Gasteiger partial charge < -0.3 is 9.12 Å². The summed E-state index contributed by atoms with van der Waals surface area (Å²) in [6.45, 7) is 7.78. The Labute approximate surface area is 108 Å². The quantitative estimate of drug-likeness (QED) is 0.872. The summed E-state index contributed by atoms with van der Waals surface area (Å²) in [5.74, 6) is 0.865. The zero-order chi connectivity index (χ0) is 12.5. The molecule has 0 bridgehead atoms. The van der Waals surface area contributed by atoms with Crippen LogP contribution in [-0.2, 0) is 18.4 Å². The van der Waals surface area contributed by atoms with Crippen molar-refractivity contribution in [3.8, 4) is 0 Å². The number of imidazole rings is 1. The third-order valence-corrected chi connectivity index (χ3v) is 4.61. The Morgan fingerprint density at radius 1 is 1.56 bits per heavy atom. The van der Waals surface area contributed by atoms with Gasteiger partial charge in [-0.1, -0.05) is 0 Å². The van der Waals surface area contributed by atoms with Gasteiger partial charge >= 0.3 is 0 Å². The topological polar surface area (TPSA) is 52.9 Å². The van der Waals surface area contributed by atoms with E-state index in [9.17, 15) is 4.55 Å². The van der Waals surface area contributed by atoms with E-state index in [1.54, 1.807) is 6.20 Å². The molecule has 0 aromatic carbocycles. The van der Waals surface area contributed by atoms with Crippen LogP contribution in [0.4, 0.5) is 0 Å². The maximum absolute atomic E-state index is 11.9. The first-order valence-electron chi connectivity index (χ1n) is 5.08. The molecule has 1 aromatic rings. The smallest absolute Gasteiger partial charge is 0.136 e. The maximum atomic E-state index is 11.9. The van der Waals surface area contributed by atoms with Crippen molar-refractivity contribution in [1.82, 2.24) is 14.3 Å². The summed E-state index contributed by atoms with van der Waals surface area (Å²) in [5.41, 5.74) is 0. The van der Waals surface area contributed by atoms with Crippen LogP contribution in [0, 0.1) is 0 Å². The fourth-order valence-electron chi connectivity index (χ4n) is 1.19. The molecular formula is C10H18BrN3OS. The number of hydrogen-bond acceptors (Lipinski definition) is 3. The van der Waals surface area contributed by atoms with E-state index in [4.69, 9.17) is 0 Å². The van der Waals surface area contributed by atoms with E-state index in [0.717, 1.165) is 10.4 Å². The summed E-state index contributed by atoms with van der Waals surface area (Å²) >= 11 is 2.30. The summed E-state index contributed by atoms with van der Waals surface area (Å²) in [4.78, 5) is 4.27. The van der Waals surface area contributed by atoms with Crippen molar-refractivity contribution in [2.75, 3.05) is 0 Å². The monoisotopic (exact) mass is 307 g/mol. The molecule has 0 spiro atoms. The average Bonchev–Trinajstić information content (AvgIpc) is 2.46. The summed E-state index contributed by atoms with van der Waals surface area (Å²) in [7, 11) is 1.92. The minimum absolute atomic E-state index is 0.0450. The molecule has 0 saturated heterocycles. The molecule has 1 aromatic heterocycles. The van der Waals surface area contributed by atoms with Crippen LogP contribution in [0.3, 0.4) is 0 Å². The van der Waals surface area contributed by atoms with Gasteiger partial charge in [0.05, 0.1) is 6.20 Å². The minimum atomic E-state index is -1.09. The number of aromatic nitrogens is 2. The lowest BCUT2D eigenvalue weighted by molar-refractivity contribution is 0.521. The Balaban J connectivity index is 2.73. The van der Waals surface area contributed by atoms with Crippen LogP contribution in [0.1, 0.15) is 39.6 Å². The van der Waals surface area contributed by atoms with Crippen LogP contribution >= 0.6 is 15.9 Å². The van der Waals surface area contributed by atoms with Crippen molar-refractivity contribution >= 4 is 27.3 Å². The number of halogens is 1. The summed E-state index contributed by atoms with van der Waals surface area (Å²) in [5, 5.41) is 0. The molecule has 1 unspecified atom stereocenters. The average molecular weight is 308 g/mol. The standard InChI is InChI=1S/C10H18BrN3OS/c1-7(13-16(15)10(2,3)4)9-12-6-8(11)14(9)5/h6-7,13H,1-5H3/t7?,16-/m1/s1. The molecule has 0 aliphatic carbocycles. The Morgan fingerprint density at radius 2 is 2.12 bits per heavy atom. The van der Waals surface area contributed by atoms with Crippen LogP contribution in [0.15, 0.2) is 10.8 Å². The van der Waals surface area contributed by atoms with Crippen molar-refractivity contribution in [3.05, 3.63) is 16.6 Å². The van der Waals surface area contributed by atoms with E-state index in [2.05, 4.69) is 25.6 Å². The summed E-state index contributed by atoms with van der Waals surface area (Å²) in [6, 6.07) is -0.0450. The Kier molecular flexibility index (Phi) is 4.45. The van der Waals surface area contributed by atoms with Gasteiger partial charge in [-0.05, 0) is 43.6 Å². The van der Waals surface area contributed by atoms with Crippen molar-refractivity contribution in [1.29, 1.82) is 0 Å². The number of nitrogens with zero attached hydrogens (tertiary/aromatic N) is 2. The van der Waals surface area contributed by atoms with Gasteiger partial charge in [-0.3, -0.25) is 0 Å². The summed E-state index contributed by atoms with van der Waals surface area (Å²) < 4.78 is 17.6. The van der Waals surface area contributed by atoms with Gasteiger partial charge in [0.15, 0.2) is 0 Å². The highest BCUT2D eigenvalue weighted by atomic mass is 79.9. The number of hydrogen-bond donors (Lipinski definition) is 1. The molecule has 1 heterocycles. The fraction of sp³-hybridized carbons (Fsp3) is 0.700. The van der Waals surface area contributed by atoms with E-state index < -0.39 is 11.4 Å². The predicted octanol–water partition coefficient (Wildman–Crippen LogP) is 2.30. The van der Waals surface area contributed by atoms with E-state index in [0.29, 0.717) is 0 Å². The van der Waals surface area contributed by atoms with Gasteiger partial charge in [0.1, 0.15) is 21.2 Å². The molecule has 0 amide bonds. The zero-order valence-electron chi connectivity index (χ0n) is 10.2. The molecule has 6 heteroatoms. The second-order valence-corrected chi connectivity index (χ2v) is 7.53. The van der Waals surface area contributed by atoms with Crippen LogP contribution < -0.4 is 4.72 Å². The number of nitrogens with one attached hydrogen (secondary N) is 1. The molecule has 0 fully saturated rings.